The normalized spacial score (nSPS) is 10.8. The number of hydrogen-bond acceptors (Lipinski definition) is 5. The second-order valence-electron chi connectivity index (χ2n) is 7.51. The highest BCUT2D eigenvalue weighted by atomic mass is 16.2. The minimum absolute atomic E-state index is 0.0160. The van der Waals surface area contributed by atoms with E-state index >= 15 is 0 Å². The van der Waals surface area contributed by atoms with E-state index in [2.05, 4.69) is 10.3 Å². The zero-order valence-electron chi connectivity index (χ0n) is 18.6. The first-order chi connectivity index (χ1) is 14.9. The number of imidazole rings is 1. The fourth-order valence-corrected chi connectivity index (χ4v) is 3.38. The summed E-state index contributed by atoms with van der Waals surface area (Å²) < 4.78 is 1.92. The van der Waals surface area contributed by atoms with E-state index in [1.165, 1.54) is 0 Å². The molecule has 2 amide bonds. The van der Waals surface area contributed by atoms with Crippen molar-refractivity contribution in [2.45, 2.75) is 26.7 Å². The van der Waals surface area contributed by atoms with Crippen molar-refractivity contribution < 1.29 is 9.59 Å². The molecule has 0 atom stereocenters. The molecule has 0 unspecified atom stereocenters. The van der Waals surface area contributed by atoms with E-state index in [0.29, 0.717) is 25.1 Å². The maximum Gasteiger partial charge on any atom is 0.252 e. The molecule has 164 valence electrons. The predicted octanol–water partition coefficient (Wildman–Crippen LogP) is 2.18. The number of nitrogens with zero attached hydrogens (tertiary/aromatic N) is 5. The molecule has 31 heavy (non-hydrogen) atoms. The number of carbonyl (C=O) groups excluding carboxylic acids is 2. The van der Waals surface area contributed by atoms with Crippen molar-refractivity contribution in [1.29, 1.82) is 0 Å². The van der Waals surface area contributed by atoms with Crippen LogP contribution in [0.25, 0.3) is 5.65 Å². The van der Waals surface area contributed by atoms with Gasteiger partial charge < -0.3 is 15.1 Å². The fraction of sp³-hybridized carbons (Fsp3) is 0.391. The molecule has 0 saturated carbocycles. The van der Waals surface area contributed by atoms with Crippen LogP contribution in [0.2, 0.25) is 0 Å². The number of anilines is 1. The van der Waals surface area contributed by atoms with Crippen LogP contribution in [0.5, 0.6) is 0 Å². The minimum Gasteiger partial charge on any atom is -0.352 e. The highest BCUT2D eigenvalue weighted by Gasteiger charge is 2.20. The van der Waals surface area contributed by atoms with Crippen molar-refractivity contribution in [2.75, 3.05) is 38.6 Å². The molecule has 3 heterocycles. The third kappa shape index (κ3) is 5.20. The number of rotatable bonds is 9. The summed E-state index contributed by atoms with van der Waals surface area (Å²) in [4.78, 5) is 37.6. The number of carbonyl (C=O) groups is 2. The van der Waals surface area contributed by atoms with Gasteiger partial charge in [-0.05, 0) is 37.6 Å². The quantitative estimate of drug-likeness (QED) is 0.572. The summed E-state index contributed by atoms with van der Waals surface area (Å²) in [6, 6.07) is 9.37. The van der Waals surface area contributed by atoms with E-state index in [1.807, 2.05) is 47.4 Å². The lowest BCUT2D eigenvalue weighted by Crippen LogP contribution is -2.37. The highest BCUT2D eigenvalue weighted by molar-refractivity contribution is 5.94. The summed E-state index contributed by atoms with van der Waals surface area (Å²) in [6.07, 6.45) is 4.95. The van der Waals surface area contributed by atoms with Gasteiger partial charge in [-0.2, -0.15) is 0 Å². The average Bonchev–Trinajstić information content (AvgIpc) is 3.15. The Kier molecular flexibility index (Phi) is 7.23. The first kappa shape index (κ1) is 22.3. The van der Waals surface area contributed by atoms with Crippen molar-refractivity contribution in [3.05, 3.63) is 59.7 Å². The molecule has 0 aliphatic carbocycles. The Bertz CT molecular complexity index is 1040. The van der Waals surface area contributed by atoms with Gasteiger partial charge in [0.15, 0.2) is 0 Å². The van der Waals surface area contributed by atoms with Crippen LogP contribution in [-0.2, 0) is 17.6 Å². The summed E-state index contributed by atoms with van der Waals surface area (Å²) in [5.74, 6) is 0.726. The second kappa shape index (κ2) is 10.1. The zero-order valence-corrected chi connectivity index (χ0v) is 18.6. The molecule has 0 aromatic carbocycles. The van der Waals surface area contributed by atoms with Gasteiger partial charge in [-0.1, -0.05) is 13.0 Å². The van der Waals surface area contributed by atoms with E-state index in [0.717, 1.165) is 29.3 Å². The molecule has 8 heteroatoms. The minimum atomic E-state index is -0.150. The van der Waals surface area contributed by atoms with Gasteiger partial charge >= 0.3 is 0 Å². The molecule has 8 nitrogen and oxygen atoms in total. The van der Waals surface area contributed by atoms with Crippen molar-refractivity contribution in [1.82, 2.24) is 24.6 Å². The number of aryl methyl sites for hydroxylation is 1. The number of likely N-dealkylation sites (N-methyl/N-ethyl adjacent to an activating group) is 2. The number of pyridine rings is 2. The Morgan fingerprint density at radius 3 is 2.58 bits per heavy atom. The van der Waals surface area contributed by atoms with Crippen molar-refractivity contribution >= 4 is 23.3 Å². The lowest BCUT2D eigenvalue weighted by molar-refractivity contribution is -0.127. The van der Waals surface area contributed by atoms with E-state index in [-0.39, 0.29) is 18.4 Å². The Hall–Kier alpha value is -3.42. The van der Waals surface area contributed by atoms with Crippen molar-refractivity contribution in [2.24, 2.45) is 0 Å². The van der Waals surface area contributed by atoms with Gasteiger partial charge in [-0.25, -0.2) is 4.98 Å². The molecular formula is C23H30N6O2. The summed E-state index contributed by atoms with van der Waals surface area (Å²) in [7, 11) is 3.50. The van der Waals surface area contributed by atoms with Gasteiger partial charge in [0.05, 0.1) is 17.8 Å². The number of nitrogens with one attached hydrogen (secondary N) is 1. The maximum absolute atomic E-state index is 12.7. The standard InChI is InChI=1S/C23H30N6O2/c1-5-19-23(28(6-2)16-21(30)27(3)4)29-15-17(10-11-20(29)26-19)22(31)25-14-12-18-9-7-8-13-24-18/h7-11,13,15H,5-6,12,14,16H2,1-4H3,(H,25,31). The molecule has 0 aliphatic rings. The zero-order chi connectivity index (χ0) is 22.4. The van der Waals surface area contributed by atoms with Gasteiger partial charge in [0.2, 0.25) is 5.91 Å². The van der Waals surface area contributed by atoms with Crippen LogP contribution in [0.4, 0.5) is 5.82 Å². The van der Waals surface area contributed by atoms with Crippen LogP contribution in [0.1, 0.15) is 35.6 Å². The summed E-state index contributed by atoms with van der Waals surface area (Å²) in [5, 5.41) is 2.96. The van der Waals surface area contributed by atoms with E-state index in [1.54, 1.807) is 37.5 Å². The number of aromatic nitrogens is 3. The lowest BCUT2D eigenvalue weighted by Gasteiger charge is -2.24. The molecule has 0 radical (unpaired) electrons. The Balaban J connectivity index is 1.83. The molecule has 0 bridgehead atoms. The predicted molar refractivity (Wildman–Crippen MR) is 121 cm³/mol. The van der Waals surface area contributed by atoms with Crippen LogP contribution >= 0.6 is 0 Å². The molecule has 1 N–H and O–H groups in total. The van der Waals surface area contributed by atoms with Crippen LogP contribution in [0.15, 0.2) is 42.7 Å². The fourth-order valence-electron chi connectivity index (χ4n) is 3.38. The van der Waals surface area contributed by atoms with Crippen LogP contribution in [-0.4, -0.2) is 64.8 Å². The Morgan fingerprint density at radius 2 is 1.94 bits per heavy atom. The third-order valence-corrected chi connectivity index (χ3v) is 5.16. The second-order valence-corrected chi connectivity index (χ2v) is 7.51. The number of hydrogen-bond donors (Lipinski definition) is 1. The number of fused-ring (bicyclic) bond motifs is 1. The van der Waals surface area contributed by atoms with Gasteiger partial charge in [-0.3, -0.25) is 19.0 Å². The molecule has 3 aromatic rings. The molecule has 3 rings (SSSR count). The van der Waals surface area contributed by atoms with E-state index < -0.39 is 0 Å². The summed E-state index contributed by atoms with van der Waals surface area (Å²) in [6.45, 7) is 5.46. The largest absolute Gasteiger partial charge is 0.352 e. The van der Waals surface area contributed by atoms with Gasteiger partial charge in [0.25, 0.3) is 5.91 Å². The lowest BCUT2D eigenvalue weighted by atomic mass is 10.2. The highest BCUT2D eigenvalue weighted by Crippen LogP contribution is 2.24. The maximum atomic E-state index is 12.7. The van der Waals surface area contributed by atoms with E-state index in [9.17, 15) is 9.59 Å². The molecule has 0 spiro atoms. The first-order valence-corrected chi connectivity index (χ1v) is 10.6. The Morgan fingerprint density at radius 1 is 1.13 bits per heavy atom. The SMILES string of the molecule is CCc1nc2ccc(C(=O)NCCc3ccccn3)cn2c1N(CC)CC(=O)N(C)C. The number of amides is 2. The topological polar surface area (TPSA) is 82.8 Å². The van der Waals surface area contributed by atoms with Crippen molar-refractivity contribution in [3.63, 3.8) is 0 Å². The molecular weight excluding hydrogens is 392 g/mol. The smallest absolute Gasteiger partial charge is 0.252 e. The monoisotopic (exact) mass is 422 g/mol. The summed E-state index contributed by atoms with van der Waals surface area (Å²) >= 11 is 0. The van der Waals surface area contributed by atoms with Gasteiger partial charge in [0.1, 0.15) is 11.5 Å². The van der Waals surface area contributed by atoms with Crippen LogP contribution in [0.3, 0.4) is 0 Å². The van der Waals surface area contributed by atoms with Crippen LogP contribution in [0, 0.1) is 0 Å². The van der Waals surface area contributed by atoms with Gasteiger partial charge in [0, 0.05) is 51.7 Å². The third-order valence-electron chi connectivity index (χ3n) is 5.16. The molecule has 0 saturated heterocycles. The van der Waals surface area contributed by atoms with Crippen molar-refractivity contribution in [3.8, 4) is 0 Å². The molecule has 0 aliphatic heterocycles. The Labute approximate surface area is 182 Å². The molecule has 0 fully saturated rings. The van der Waals surface area contributed by atoms with E-state index in [4.69, 9.17) is 4.98 Å². The first-order valence-electron chi connectivity index (χ1n) is 10.6. The van der Waals surface area contributed by atoms with Gasteiger partial charge in [-0.15, -0.1) is 0 Å². The summed E-state index contributed by atoms with van der Waals surface area (Å²) in [5.41, 5.74) is 3.14. The average molecular weight is 423 g/mol. The van der Waals surface area contributed by atoms with Crippen LogP contribution < -0.4 is 10.2 Å². The molecule has 3 aromatic heterocycles.